The smallest absolute Gasteiger partial charge is 0.227 e. The fourth-order valence-electron chi connectivity index (χ4n) is 3.34. The van der Waals surface area contributed by atoms with Crippen molar-refractivity contribution in [2.75, 3.05) is 24.6 Å². The molecule has 2 aromatic carbocycles. The first-order valence-corrected chi connectivity index (χ1v) is 9.96. The average Bonchev–Trinajstić information content (AvgIpc) is 3.14. The zero-order chi connectivity index (χ0) is 19.8. The van der Waals surface area contributed by atoms with Crippen LogP contribution in [0.4, 0.5) is 5.69 Å². The summed E-state index contributed by atoms with van der Waals surface area (Å²) in [4.78, 5) is 25.7. The fraction of sp³-hybridized carbons (Fsp3) is 0.391. The van der Waals surface area contributed by atoms with Crippen molar-refractivity contribution in [1.29, 1.82) is 0 Å². The van der Waals surface area contributed by atoms with Gasteiger partial charge in [-0.2, -0.15) is 0 Å². The van der Waals surface area contributed by atoms with Gasteiger partial charge in [-0.3, -0.25) is 9.59 Å². The number of anilines is 1. The molecule has 1 heterocycles. The first-order valence-electron chi connectivity index (χ1n) is 9.96. The van der Waals surface area contributed by atoms with Crippen LogP contribution in [0, 0.1) is 0 Å². The van der Waals surface area contributed by atoms with E-state index in [2.05, 4.69) is 17.4 Å². The average molecular weight is 380 g/mol. The number of rotatable bonds is 9. The molecular formula is C23H28N2O3. The Morgan fingerprint density at radius 1 is 1.14 bits per heavy atom. The van der Waals surface area contributed by atoms with E-state index in [1.54, 1.807) is 4.90 Å². The van der Waals surface area contributed by atoms with Crippen molar-refractivity contribution < 1.29 is 14.3 Å². The zero-order valence-electron chi connectivity index (χ0n) is 16.4. The quantitative estimate of drug-likeness (QED) is 0.676. The summed E-state index contributed by atoms with van der Waals surface area (Å²) in [6.45, 7) is 4.02. The highest BCUT2D eigenvalue weighted by molar-refractivity contribution is 5.95. The molecule has 1 saturated heterocycles. The van der Waals surface area contributed by atoms with Crippen LogP contribution in [-0.2, 0) is 20.7 Å². The normalized spacial score (nSPS) is 14.9. The summed E-state index contributed by atoms with van der Waals surface area (Å²) in [6.07, 6.45) is 2.71. The SMILES string of the molecule is CC(OCCCNC(=O)Cc1ccc(N2CCCC2=O)cc1)c1ccccc1. The van der Waals surface area contributed by atoms with Crippen LogP contribution >= 0.6 is 0 Å². The van der Waals surface area contributed by atoms with E-state index in [4.69, 9.17) is 4.74 Å². The second kappa shape index (κ2) is 10.0. The van der Waals surface area contributed by atoms with Gasteiger partial charge in [0.2, 0.25) is 11.8 Å². The molecular weight excluding hydrogens is 352 g/mol. The number of amides is 2. The van der Waals surface area contributed by atoms with Crippen LogP contribution in [0.2, 0.25) is 0 Å². The predicted molar refractivity (Wildman–Crippen MR) is 110 cm³/mol. The van der Waals surface area contributed by atoms with Crippen LogP contribution in [0.15, 0.2) is 54.6 Å². The van der Waals surface area contributed by atoms with E-state index in [1.165, 1.54) is 0 Å². The molecule has 2 amide bonds. The number of hydrogen-bond acceptors (Lipinski definition) is 3. The zero-order valence-corrected chi connectivity index (χ0v) is 16.4. The summed E-state index contributed by atoms with van der Waals surface area (Å²) in [5.41, 5.74) is 3.02. The Hall–Kier alpha value is -2.66. The molecule has 28 heavy (non-hydrogen) atoms. The summed E-state index contributed by atoms with van der Waals surface area (Å²) >= 11 is 0. The lowest BCUT2D eigenvalue weighted by Gasteiger charge is -2.16. The summed E-state index contributed by atoms with van der Waals surface area (Å²) in [5, 5.41) is 2.94. The van der Waals surface area contributed by atoms with Gasteiger partial charge in [-0.25, -0.2) is 0 Å². The van der Waals surface area contributed by atoms with Gasteiger partial charge < -0.3 is 15.0 Å². The van der Waals surface area contributed by atoms with Gasteiger partial charge in [0, 0.05) is 31.8 Å². The van der Waals surface area contributed by atoms with Crippen LogP contribution in [0.25, 0.3) is 0 Å². The third-order valence-electron chi connectivity index (χ3n) is 4.97. The number of nitrogens with one attached hydrogen (secondary N) is 1. The van der Waals surface area contributed by atoms with Crippen molar-refractivity contribution in [3.05, 3.63) is 65.7 Å². The van der Waals surface area contributed by atoms with E-state index in [-0.39, 0.29) is 17.9 Å². The van der Waals surface area contributed by atoms with Gasteiger partial charge in [-0.15, -0.1) is 0 Å². The minimum absolute atomic E-state index is 0.00102. The third-order valence-corrected chi connectivity index (χ3v) is 4.97. The highest BCUT2D eigenvalue weighted by Crippen LogP contribution is 2.21. The Balaban J connectivity index is 1.34. The van der Waals surface area contributed by atoms with Gasteiger partial charge in [0.25, 0.3) is 0 Å². The van der Waals surface area contributed by atoms with E-state index in [0.717, 1.165) is 36.2 Å². The molecule has 0 aliphatic carbocycles. The number of benzene rings is 2. The highest BCUT2D eigenvalue weighted by Gasteiger charge is 2.21. The Bertz CT molecular complexity index is 774. The Morgan fingerprint density at radius 3 is 2.57 bits per heavy atom. The van der Waals surface area contributed by atoms with Crippen molar-refractivity contribution >= 4 is 17.5 Å². The van der Waals surface area contributed by atoms with Gasteiger partial charge in [-0.05, 0) is 43.0 Å². The lowest BCUT2D eigenvalue weighted by atomic mass is 10.1. The standard InChI is InChI=1S/C23H28N2O3/c1-18(20-7-3-2-4-8-20)28-16-6-14-24-22(26)17-19-10-12-21(13-11-19)25-15-5-9-23(25)27/h2-4,7-8,10-13,18H,5-6,9,14-17H2,1H3,(H,24,26). The molecule has 5 heteroatoms. The second-order valence-electron chi connectivity index (χ2n) is 7.12. The van der Waals surface area contributed by atoms with E-state index in [9.17, 15) is 9.59 Å². The largest absolute Gasteiger partial charge is 0.374 e. The van der Waals surface area contributed by atoms with E-state index >= 15 is 0 Å². The summed E-state index contributed by atoms with van der Waals surface area (Å²) in [7, 11) is 0. The van der Waals surface area contributed by atoms with Crippen LogP contribution in [-0.4, -0.2) is 31.5 Å². The summed E-state index contributed by atoms with van der Waals surface area (Å²) < 4.78 is 5.82. The lowest BCUT2D eigenvalue weighted by molar-refractivity contribution is -0.120. The van der Waals surface area contributed by atoms with Gasteiger partial charge in [-0.1, -0.05) is 42.5 Å². The van der Waals surface area contributed by atoms with Crippen molar-refractivity contribution in [3.8, 4) is 0 Å². The first-order chi connectivity index (χ1) is 13.6. The third kappa shape index (κ3) is 5.67. The molecule has 0 aromatic heterocycles. The maximum absolute atomic E-state index is 12.1. The molecule has 1 unspecified atom stereocenters. The molecule has 1 aliphatic heterocycles. The number of nitrogens with zero attached hydrogens (tertiary/aromatic N) is 1. The molecule has 1 fully saturated rings. The summed E-state index contributed by atoms with van der Waals surface area (Å²) in [6, 6.07) is 17.8. The molecule has 1 aliphatic rings. The molecule has 0 bridgehead atoms. The molecule has 148 valence electrons. The molecule has 3 rings (SSSR count). The summed E-state index contributed by atoms with van der Waals surface area (Å²) in [5.74, 6) is 0.176. The van der Waals surface area contributed by atoms with Crippen LogP contribution in [0.1, 0.15) is 43.4 Å². The molecule has 2 aromatic rings. The van der Waals surface area contributed by atoms with Crippen molar-refractivity contribution in [2.24, 2.45) is 0 Å². The minimum Gasteiger partial charge on any atom is -0.374 e. The minimum atomic E-state index is 0.00102. The maximum Gasteiger partial charge on any atom is 0.227 e. The van der Waals surface area contributed by atoms with Crippen LogP contribution in [0.3, 0.4) is 0 Å². The number of ether oxygens (including phenoxy) is 1. The molecule has 0 saturated carbocycles. The van der Waals surface area contributed by atoms with Gasteiger partial charge in [0.15, 0.2) is 0 Å². The van der Waals surface area contributed by atoms with Gasteiger partial charge in [0.1, 0.15) is 0 Å². The predicted octanol–water partition coefficient (Wildman–Crippen LogP) is 3.64. The highest BCUT2D eigenvalue weighted by atomic mass is 16.5. The monoisotopic (exact) mass is 380 g/mol. The Morgan fingerprint density at radius 2 is 1.89 bits per heavy atom. The second-order valence-corrected chi connectivity index (χ2v) is 7.12. The van der Waals surface area contributed by atoms with Crippen LogP contribution in [0.5, 0.6) is 0 Å². The fourth-order valence-corrected chi connectivity index (χ4v) is 3.34. The number of carbonyl (C=O) groups excluding carboxylic acids is 2. The van der Waals surface area contributed by atoms with Gasteiger partial charge in [0.05, 0.1) is 12.5 Å². The van der Waals surface area contributed by atoms with Gasteiger partial charge >= 0.3 is 0 Å². The molecule has 1 N–H and O–H groups in total. The maximum atomic E-state index is 12.1. The number of hydrogen-bond donors (Lipinski definition) is 1. The Labute approximate surface area is 166 Å². The lowest BCUT2D eigenvalue weighted by Crippen LogP contribution is -2.27. The van der Waals surface area contributed by atoms with Crippen molar-refractivity contribution in [2.45, 2.75) is 38.7 Å². The van der Waals surface area contributed by atoms with E-state index < -0.39 is 0 Å². The molecule has 0 spiro atoms. The first kappa shape index (κ1) is 20.1. The van der Waals surface area contributed by atoms with Crippen molar-refractivity contribution in [1.82, 2.24) is 5.32 Å². The Kier molecular flexibility index (Phi) is 7.20. The van der Waals surface area contributed by atoms with E-state index in [1.807, 2.05) is 49.4 Å². The number of carbonyl (C=O) groups is 2. The van der Waals surface area contributed by atoms with E-state index in [0.29, 0.717) is 26.0 Å². The molecule has 1 atom stereocenters. The molecule has 5 nitrogen and oxygen atoms in total. The molecule has 0 radical (unpaired) electrons. The topological polar surface area (TPSA) is 58.6 Å². The van der Waals surface area contributed by atoms with Crippen molar-refractivity contribution in [3.63, 3.8) is 0 Å². The van der Waals surface area contributed by atoms with Crippen LogP contribution < -0.4 is 10.2 Å².